The van der Waals surface area contributed by atoms with Crippen LogP contribution in [0.15, 0.2) is 53.0 Å². The van der Waals surface area contributed by atoms with Crippen LogP contribution in [0.1, 0.15) is 18.4 Å². The van der Waals surface area contributed by atoms with Crippen LogP contribution in [0.2, 0.25) is 0 Å². The Morgan fingerprint density at radius 2 is 2.04 bits per heavy atom. The minimum absolute atomic E-state index is 0.000967. The summed E-state index contributed by atoms with van der Waals surface area (Å²) in [6.45, 7) is 0. The van der Waals surface area contributed by atoms with Crippen molar-refractivity contribution in [3.05, 3.63) is 58.6 Å². The third-order valence-electron chi connectivity index (χ3n) is 3.94. The highest BCUT2D eigenvalue weighted by atomic mass is 79.9. The van der Waals surface area contributed by atoms with E-state index in [2.05, 4.69) is 26.6 Å². The SMILES string of the molecule is O=C(CCC1Cc2ccccc2NC1=O)Nc1cccc(Br)c1. The number of hydrogen-bond donors (Lipinski definition) is 2. The molecule has 0 aromatic heterocycles. The Labute approximate surface area is 143 Å². The van der Waals surface area contributed by atoms with E-state index in [-0.39, 0.29) is 17.7 Å². The molecular weight excluding hydrogens is 356 g/mol. The average molecular weight is 373 g/mol. The molecule has 1 aliphatic heterocycles. The third-order valence-corrected chi connectivity index (χ3v) is 4.43. The van der Waals surface area contributed by atoms with E-state index in [1.807, 2.05) is 48.5 Å². The number of carbonyl (C=O) groups is 2. The lowest BCUT2D eigenvalue weighted by Gasteiger charge is -2.24. The molecule has 0 fully saturated rings. The molecule has 2 aromatic carbocycles. The molecule has 0 saturated carbocycles. The number of amides is 2. The van der Waals surface area contributed by atoms with Crippen LogP contribution in [0.4, 0.5) is 11.4 Å². The van der Waals surface area contributed by atoms with Crippen molar-refractivity contribution in [2.24, 2.45) is 5.92 Å². The van der Waals surface area contributed by atoms with Crippen molar-refractivity contribution in [2.75, 3.05) is 10.6 Å². The Balaban J connectivity index is 1.56. The van der Waals surface area contributed by atoms with E-state index in [0.717, 1.165) is 21.4 Å². The molecule has 5 heteroatoms. The summed E-state index contributed by atoms with van der Waals surface area (Å²) in [5.74, 6) is -0.230. The number of nitrogens with one attached hydrogen (secondary N) is 2. The van der Waals surface area contributed by atoms with E-state index in [1.54, 1.807) is 0 Å². The van der Waals surface area contributed by atoms with Gasteiger partial charge >= 0.3 is 0 Å². The van der Waals surface area contributed by atoms with Crippen molar-refractivity contribution < 1.29 is 9.59 Å². The second-order valence-electron chi connectivity index (χ2n) is 5.64. The predicted molar refractivity (Wildman–Crippen MR) is 94.3 cm³/mol. The Morgan fingerprint density at radius 1 is 1.22 bits per heavy atom. The number of anilines is 2. The van der Waals surface area contributed by atoms with Gasteiger partial charge in [0.05, 0.1) is 0 Å². The van der Waals surface area contributed by atoms with E-state index >= 15 is 0 Å². The molecule has 1 unspecified atom stereocenters. The van der Waals surface area contributed by atoms with Gasteiger partial charge in [-0.15, -0.1) is 0 Å². The van der Waals surface area contributed by atoms with Crippen LogP contribution < -0.4 is 10.6 Å². The van der Waals surface area contributed by atoms with Crippen molar-refractivity contribution in [3.63, 3.8) is 0 Å². The average Bonchev–Trinajstić information content (AvgIpc) is 2.53. The van der Waals surface area contributed by atoms with Crippen LogP contribution in [0.3, 0.4) is 0 Å². The Kier molecular flexibility index (Phi) is 4.76. The van der Waals surface area contributed by atoms with Crippen molar-refractivity contribution in [3.8, 4) is 0 Å². The van der Waals surface area contributed by atoms with E-state index < -0.39 is 0 Å². The molecule has 3 rings (SSSR count). The highest BCUT2D eigenvalue weighted by Gasteiger charge is 2.26. The standard InChI is InChI=1S/C18H17BrN2O2/c19-14-5-3-6-15(11-14)20-17(22)9-8-13-10-12-4-1-2-7-16(12)21-18(13)23/h1-7,11,13H,8-10H2,(H,20,22)(H,21,23). The number of para-hydroxylation sites is 1. The molecule has 118 valence electrons. The number of hydrogen-bond acceptors (Lipinski definition) is 2. The smallest absolute Gasteiger partial charge is 0.227 e. The summed E-state index contributed by atoms with van der Waals surface area (Å²) in [5.41, 5.74) is 2.76. The summed E-state index contributed by atoms with van der Waals surface area (Å²) in [7, 11) is 0. The molecule has 2 aromatic rings. The van der Waals surface area contributed by atoms with Crippen LogP contribution in [0.5, 0.6) is 0 Å². The molecule has 0 bridgehead atoms. The van der Waals surface area contributed by atoms with Gasteiger partial charge in [0.1, 0.15) is 0 Å². The maximum Gasteiger partial charge on any atom is 0.227 e. The molecule has 2 N–H and O–H groups in total. The van der Waals surface area contributed by atoms with Gasteiger partial charge in [0, 0.05) is 28.2 Å². The fourth-order valence-corrected chi connectivity index (χ4v) is 3.14. The lowest BCUT2D eigenvalue weighted by molar-refractivity contribution is -0.121. The van der Waals surface area contributed by atoms with E-state index in [9.17, 15) is 9.59 Å². The molecule has 0 aliphatic carbocycles. The zero-order valence-electron chi connectivity index (χ0n) is 12.5. The molecule has 1 heterocycles. The summed E-state index contributed by atoms with van der Waals surface area (Å²) in [4.78, 5) is 24.2. The van der Waals surface area contributed by atoms with Crippen LogP contribution >= 0.6 is 15.9 Å². The maximum atomic E-state index is 12.1. The molecule has 0 radical (unpaired) electrons. The van der Waals surface area contributed by atoms with E-state index in [0.29, 0.717) is 19.3 Å². The zero-order valence-corrected chi connectivity index (χ0v) is 14.1. The molecule has 1 aliphatic rings. The Hall–Kier alpha value is -2.14. The third kappa shape index (κ3) is 3.99. The minimum Gasteiger partial charge on any atom is -0.326 e. The van der Waals surface area contributed by atoms with E-state index in [4.69, 9.17) is 0 Å². The molecule has 4 nitrogen and oxygen atoms in total. The van der Waals surface area contributed by atoms with Gasteiger partial charge < -0.3 is 10.6 Å². The first kappa shape index (κ1) is 15.7. The quantitative estimate of drug-likeness (QED) is 0.852. The van der Waals surface area contributed by atoms with Gasteiger partial charge in [-0.05, 0) is 42.7 Å². The van der Waals surface area contributed by atoms with Crippen LogP contribution in [-0.2, 0) is 16.0 Å². The molecular formula is C18H17BrN2O2. The van der Waals surface area contributed by atoms with Gasteiger partial charge in [0.25, 0.3) is 0 Å². The summed E-state index contributed by atoms with van der Waals surface area (Å²) in [6, 6.07) is 15.3. The van der Waals surface area contributed by atoms with E-state index in [1.165, 1.54) is 0 Å². The first-order chi connectivity index (χ1) is 11.1. The number of fused-ring (bicyclic) bond motifs is 1. The lowest BCUT2D eigenvalue weighted by atomic mass is 9.89. The number of rotatable bonds is 4. The van der Waals surface area contributed by atoms with Gasteiger partial charge in [0.15, 0.2) is 0 Å². The van der Waals surface area contributed by atoms with Gasteiger partial charge in [0.2, 0.25) is 11.8 Å². The second-order valence-corrected chi connectivity index (χ2v) is 6.56. The summed E-state index contributed by atoms with van der Waals surface area (Å²) < 4.78 is 0.915. The summed E-state index contributed by atoms with van der Waals surface area (Å²) in [6.07, 6.45) is 1.55. The number of halogens is 1. The van der Waals surface area contributed by atoms with Gasteiger partial charge in [-0.2, -0.15) is 0 Å². The number of benzene rings is 2. The van der Waals surface area contributed by atoms with Gasteiger partial charge in [-0.1, -0.05) is 40.2 Å². The monoisotopic (exact) mass is 372 g/mol. The van der Waals surface area contributed by atoms with Crippen LogP contribution in [0, 0.1) is 5.92 Å². The molecule has 1 atom stereocenters. The lowest BCUT2D eigenvalue weighted by Crippen LogP contribution is -2.30. The Morgan fingerprint density at radius 3 is 2.87 bits per heavy atom. The Bertz CT molecular complexity index is 745. The van der Waals surface area contributed by atoms with Gasteiger partial charge in [-0.3, -0.25) is 9.59 Å². The molecule has 0 saturated heterocycles. The van der Waals surface area contributed by atoms with Crippen molar-refractivity contribution in [1.29, 1.82) is 0 Å². The van der Waals surface area contributed by atoms with Crippen molar-refractivity contribution >= 4 is 39.1 Å². The fraction of sp³-hybridized carbons (Fsp3) is 0.222. The topological polar surface area (TPSA) is 58.2 Å². The molecule has 0 spiro atoms. The first-order valence-electron chi connectivity index (χ1n) is 7.56. The highest BCUT2D eigenvalue weighted by Crippen LogP contribution is 2.27. The largest absolute Gasteiger partial charge is 0.326 e. The second kappa shape index (κ2) is 6.96. The van der Waals surface area contributed by atoms with Crippen molar-refractivity contribution in [1.82, 2.24) is 0 Å². The zero-order chi connectivity index (χ0) is 16.2. The first-order valence-corrected chi connectivity index (χ1v) is 8.35. The van der Waals surface area contributed by atoms with Crippen LogP contribution in [-0.4, -0.2) is 11.8 Å². The maximum absolute atomic E-state index is 12.1. The predicted octanol–water partition coefficient (Wildman–Crippen LogP) is 3.98. The summed E-state index contributed by atoms with van der Waals surface area (Å²) in [5, 5.41) is 5.77. The molecule has 23 heavy (non-hydrogen) atoms. The minimum atomic E-state index is -0.154. The normalized spacial score (nSPS) is 16.4. The highest BCUT2D eigenvalue weighted by molar-refractivity contribution is 9.10. The van der Waals surface area contributed by atoms with Crippen LogP contribution in [0.25, 0.3) is 0 Å². The number of carbonyl (C=O) groups excluding carboxylic acids is 2. The van der Waals surface area contributed by atoms with Gasteiger partial charge in [-0.25, -0.2) is 0 Å². The fourth-order valence-electron chi connectivity index (χ4n) is 2.74. The summed E-state index contributed by atoms with van der Waals surface area (Å²) >= 11 is 3.37. The van der Waals surface area contributed by atoms with Crippen molar-refractivity contribution in [2.45, 2.75) is 19.3 Å². The molecule has 2 amide bonds.